The van der Waals surface area contributed by atoms with Crippen molar-refractivity contribution in [2.75, 3.05) is 10.7 Å². The predicted molar refractivity (Wildman–Crippen MR) is 69.5 cm³/mol. The Hall–Kier alpha value is -1.36. The highest BCUT2D eigenvalue weighted by molar-refractivity contribution is 5.46. The van der Waals surface area contributed by atoms with Gasteiger partial charge in [0.1, 0.15) is 18.0 Å². The lowest BCUT2D eigenvalue weighted by molar-refractivity contribution is 0.327. The molecule has 2 unspecified atom stereocenters. The van der Waals surface area contributed by atoms with Gasteiger partial charge >= 0.3 is 0 Å². The topological polar surface area (TPSA) is 75.9 Å². The van der Waals surface area contributed by atoms with E-state index in [2.05, 4.69) is 27.6 Å². The molecule has 5 nitrogen and oxygen atoms in total. The minimum atomic E-state index is 0.536. The van der Waals surface area contributed by atoms with Gasteiger partial charge in [0.05, 0.1) is 0 Å². The molecule has 1 aliphatic rings. The van der Waals surface area contributed by atoms with Gasteiger partial charge in [-0.3, -0.25) is 0 Å². The first kappa shape index (κ1) is 12.1. The van der Waals surface area contributed by atoms with Crippen molar-refractivity contribution in [2.45, 2.75) is 45.1 Å². The normalized spacial score (nSPS) is 24.4. The Morgan fingerprint density at radius 3 is 2.94 bits per heavy atom. The predicted octanol–water partition coefficient (Wildman–Crippen LogP) is 2.14. The maximum absolute atomic E-state index is 5.33. The summed E-state index contributed by atoms with van der Waals surface area (Å²) in [6.07, 6.45) is 7.95. The lowest BCUT2D eigenvalue weighted by Gasteiger charge is -2.29. The number of nitrogens with two attached hydrogens (primary N) is 1. The fourth-order valence-corrected chi connectivity index (χ4v) is 2.52. The number of nitrogens with one attached hydrogen (secondary N) is 2. The molecule has 1 saturated carbocycles. The second kappa shape index (κ2) is 5.82. The first-order chi connectivity index (χ1) is 8.31. The van der Waals surface area contributed by atoms with Crippen molar-refractivity contribution in [2.24, 2.45) is 11.8 Å². The van der Waals surface area contributed by atoms with Crippen LogP contribution in [-0.2, 0) is 0 Å². The largest absolute Gasteiger partial charge is 0.367 e. The number of anilines is 2. The molecule has 0 aliphatic heterocycles. The average molecular weight is 235 g/mol. The van der Waals surface area contributed by atoms with Crippen molar-refractivity contribution in [3.8, 4) is 0 Å². The van der Waals surface area contributed by atoms with Crippen molar-refractivity contribution in [3.05, 3.63) is 12.4 Å². The van der Waals surface area contributed by atoms with Gasteiger partial charge in [0.2, 0.25) is 0 Å². The molecule has 1 fully saturated rings. The van der Waals surface area contributed by atoms with E-state index in [4.69, 9.17) is 5.84 Å². The number of nitrogens with zero attached hydrogens (tertiary/aromatic N) is 2. The van der Waals surface area contributed by atoms with Crippen LogP contribution >= 0.6 is 0 Å². The molecule has 5 heteroatoms. The van der Waals surface area contributed by atoms with E-state index in [1.165, 1.54) is 38.4 Å². The first-order valence-electron chi connectivity index (χ1n) is 6.37. The highest BCUT2D eigenvalue weighted by Gasteiger charge is 2.20. The highest BCUT2D eigenvalue weighted by atomic mass is 15.3. The van der Waals surface area contributed by atoms with Crippen LogP contribution in [0.3, 0.4) is 0 Å². The van der Waals surface area contributed by atoms with E-state index in [9.17, 15) is 0 Å². The Morgan fingerprint density at radius 2 is 2.18 bits per heavy atom. The molecule has 2 atom stereocenters. The lowest BCUT2D eigenvalue weighted by atomic mass is 9.84. The summed E-state index contributed by atoms with van der Waals surface area (Å²) in [5, 5.41) is 3.47. The van der Waals surface area contributed by atoms with Crippen molar-refractivity contribution in [3.63, 3.8) is 0 Å². The van der Waals surface area contributed by atoms with E-state index in [0.29, 0.717) is 11.9 Å². The summed E-state index contributed by atoms with van der Waals surface area (Å²) in [5.74, 6) is 7.68. The molecule has 1 aromatic rings. The smallest absolute Gasteiger partial charge is 0.145 e. The zero-order valence-corrected chi connectivity index (χ0v) is 10.3. The number of hydrogen-bond donors (Lipinski definition) is 3. The van der Waals surface area contributed by atoms with Crippen LogP contribution in [0.4, 0.5) is 11.6 Å². The van der Waals surface area contributed by atoms with Crippen molar-refractivity contribution >= 4 is 11.6 Å². The van der Waals surface area contributed by atoms with E-state index >= 15 is 0 Å². The van der Waals surface area contributed by atoms with Crippen LogP contribution in [0.5, 0.6) is 0 Å². The second-order valence-corrected chi connectivity index (χ2v) is 4.71. The van der Waals surface area contributed by atoms with Gasteiger partial charge in [0.25, 0.3) is 0 Å². The van der Waals surface area contributed by atoms with Gasteiger partial charge in [0, 0.05) is 12.1 Å². The molecule has 0 aromatic carbocycles. The van der Waals surface area contributed by atoms with Crippen molar-refractivity contribution < 1.29 is 0 Å². The molecule has 0 spiro atoms. The van der Waals surface area contributed by atoms with E-state index in [-0.39, 0.29) is 0 Å². The molecule has 0 saturated heterocycles. The molecule has 17 heavy (non-hydrogen) atoms. The van der Waals surface area contributed by atoms with Gasteiger partial charge in [-0.25, -0.2) is 15.8 Å². The maximum atomic E-state index is 5.33. The fourth-order valence-electron chi connectivity index (χ4n) is 2.52. The number of rotatable bonds is 4. The Kier molecular flexibility index (Phi) is 4.14. The second-order valence-electron chi connectivity index (χ2n) is 4.71. The molecular formula is C12H21N5. The van der Waals surface area contributed by atoms with E-state index in [1.807, 2.05) is 6.07 Å². The third-order valence-corrected chi connectivity index (χ3v) is 3.53. The number of hydrogen-bond acceptors (Lipinski definition) is 5. The van der Waals surface area contributed by atoms with Crippen LogP contribution in [0.1, 0.15) is 39.0 Å². The van der Waals surface area contributed by atoms with E-state index in [0.717, 1.165) is 11.7 Å². The maximum Gasteiger partial charge on any atom is 0.145 e. The Morgan fingerprint density at radius 1 is 1.35 bits per heavy atom. The molecular weight excluding hydrogens is 214 g/mol. The molecule has 0 bridgehead atoms. The van der Waals surface area contributed by atoms with Crippen molar-refractivity contribution in [1.82, 2.24) is 9.97 Å². The number of aromatic nitrogens is 2. The van der Waals surface area contributed by atoms with Crippen LogP contribution in [0.15, 0.2) is 12.4 Å². The highest BCUT2D eigenvalue weighted by Crippen LogP contribution is 2.28. The number of hydrazine groups is 1. The summed E-state index contributed by atoms with van der Waals surface area (Å²) in [4.78, 5) is 8.21. The third kappa shape index (κ3) is 3.30. The summed E-state index contributed by atoms with van der Waals surface area (Å²) >= 11 is 0. The minimum absolute atomic E-state index is 0.536. The summed E-state index contributed by atoms with van der Waals surface area (Å²) in [7, 11) is 0. The van der Waals surface area contributed by atoms with Crippen LogP contribution in [0.2, 0.25) is 0 Å². The summed E-state index contributed by atoms with van der Waals surface area (Å²) in [6, 6.07) is 2.38. The van der Waals surface area contributed by atoms with Crippen LogP contribution in [0, 0.1) is 5.92 Å². The molecule has 2 rings (SSSR count). The van der Waals surface area contributed by atoms with Crippen LogP contribution in [0.25, 0.3) is 0 Å². The molecule has 94 valence electrons. The summed E-state index contributed by atoms with van der Waals surface area (Å²) < 4.78 is 0. The SMILES string of the molecule is CCC1CCCC(Nc2cc(NN)ncn2)C1. The molecule has 1 heterocycles. The third-order valence-electron chi connectivity index (χ3n) is 3.53. The van der Waals surface area contributed by atoms with E-state index in [1.54, 1.807) is 0 Å². The molecule has 1 aliphatic carbocycles. The van der Waals surface area contributed by atoms with E-state index < -0.39 is 0 Å². The lowest BCUT2D eigenvalue weighted by Crippen LogP contribution is -2.27. The van der Waals surface area contributed by atoms with Crippen LogP contribution < -0.4 is 16.6 Å². The average Bonchev–Trinajstić information content (AvgIpc) is 2.39. The first-order valence-corrected chi connectivity index (χ1v) is 6.37. The molecule has 0 radical (unpaired) electrons. The number of nitrogen functional groups attached to an aromatic ring is 1. The molecule has 0 amide bonds. The molecule has 4 N–H and O–H groups in total. The minimum Gasteiger partial charge on any atom is -0.367 e. The zero-order valence-electron chi connectivity index (χ0n) is 10.3. The van der Waals surface area contributed by atoms with Gasteiger partial charge in [-0.05, 0) is 18.8 Å². The van der Waals surface area contributed by atoms with Gasteiger partial charge in [-0.1, -0.05) is 26.2 Å². The van der Waals surface area contributed by atoms with Gasteiger partial charge in [-0.15, -0.1) is 0 Å². The summed E-state index contributed by atoms with van der Waals surface area (Å²) in [5.41, 5.74) is 2.53. The Balaban J connectivity index is 1.95. The quantitative estimate of drug-likeness (QED) is 0.550. The fraction of sp³-hybridized carbons (Fsp3) is 0.667. The summed E-state index contributed by atoms with van der Waals surface area (Å²) in [6.45, 7) is 2.27. The van der Waals surface area contributed by atoms with Gasteiger partial charge in [0.15, 0.2) is 0 Å². The van der Waals surface area contributed by atoms with Crippen LogP contribution in [-0.4, -0.2) is 16.0 Å². The Labute approximate surface area is 102 Å². The Bertz CT molecular complexity index is 355. The van der Waals surface area contributed by atoms with Gasteiger partial charge < -0.3 is 10.7 Å². The molecule has 1 aromatic heterocycles. The van der Waals surface area contributed by atoms with Gasteiger partial charge in [-0.2, -0.15) is 0 Å². The van der Waals surface area contributed by atoms with Crippen molar-refractivity contribution in [1.29, 1.82) is 0 Å². The zero-order chi connectivity index (χ0) is 12.1. The monoisotopic (exact) mass is 235 g/mol. The standard InChI is InChI=1S/C12H21N5/c1-2-9-4-3-5-10(6-9)16-11-7-12(17-13)15-8-14-11/h7-10H,2-6,13H2,1H3,(H2,14,15,16,17).